The van der Waals surface area contributed by atoms with Gasteiger partial charge in [0.1, 0.15) is 5.82 Å². The third kappa shape index (κ3) is 4.96. The van der Waals surface area contributed by atoms with E-state index in [1.165, 1.54) is 31.2 Å². The lowest BCUT2D eigenvalue weighted by Gasteiger charge is -2.19. The van der Waals surface area contributed by atoms with Crippen LogP contribution in [0.25, 0.3) is 0 Å². The number of aromatic nitrogens is 3. The predicted molar refractivity (Wildman–Crippen MR) is 115 cm³/mol. The smallest absolute Gasteiger partial charge is 0.251 e. The third-order valence-corrected chi connectivity index (χ3v) is 6.13. The lowest BCUT2D eigenvalue weighted by Crippen LogP contribution is -2.25. The number of rotatable bonds is 7. The van der Waals surface area contributed by atoms with Gasteiger partial charge in [0.15, 0.2) is 5.16 Å². The van der Waals surface area contributed by atoms with Crippen molar-refractivity contribution in [3.63, 3.8) is 0 Å². The molecule has 1 fully saturated rings. The van der Waals surface area contributed by atoms with Crippen LogP contribution < -0.4 is 5.32 Å². The highest BCUT2D eigenvalue weighted by Crippen LogP contribution is 2.33. The van der Waals surface area contributed by atoms with E-state index in [0.29, 0.717) is 18.2 Å². The Morgan fingerprint density at radius 1 is 1.18 bits per heavy atom. The van der Waals surface area contributed by atoms with Gasteiger partial charge in [-0.15, -0.1) is 10.2 Å². The minimum absolute atomic E-state index is 0.0116. The van der Waals surface area contributed by atoms with Crippen molar-refractivity contribution < 1.29 is 4.79 Å². The van der Waals surface area contributed by atoms with Crippen LogP contribution in [-0.2, 0) is 11.8 Å². The number of thioether (sulfide) groups is 1. The number of hydrogen-bond donors (Lipinski definition) is 1. The van der Waals surface area contributed by atoms with Gasteiger partial charge in [-0.25, -0.2) is 0 Å². The second kappa shape index (κ2) is 9.12. The number of nitrogens with zero attached hydrogens (tertiary/aromatic N) is 3. The highest BCUT2D eigenvalue weighted by atomic mass is 32.2. The zero-order chi connectivity index (χ0) is 20.1. The van der Waals surface area contributed by atoms with Gasteiger partial charge in [-0.3, -0.25) is 4.79 Å². The van der Waals surface area contributed by atoms with Gasteiger partial charge in [0, 0.05) is 24.6 Å². The van der Waals surface area contributed by atoms with E-state index in [1.807, 2.05) is 24.3 Å². The number of carbonyl (C=O) groups is 1. The average molecular weight is 401 g/mol. The Bertz CT molecular complexity index is 786. The Morgan fingerprint density at radius 2 is 1.86 bits per heavy atom. The Hall–Kier alpha value is -1.82. The molecular formula is C22H32N4OS. The van der Waals surface area contributed by atoms with Gasteiger partial charge in [0.25, 0.3) is 5.91 Å². The molecule has 6 heteroatoms. The number of benzene rings is 1. The number of amides is 1. The first-order chi connectivity index (χ1) is 13.4. The normalized spacial score (nSPS) is 15.1. The molecule has 2 aromatic rings. The van der Waals surface area contributed by atoms with Gasteiger partial charge in [0.2, 0.25) is 0 Å². The van der Waals surface area contributed by atoms with Gasteiger partial charge in [-0.2, -0.15) is 0 Å². The first kappa shape index (κ1) is 20.9. The first-order valence-corrected chi connectivity index (χ1v) is 11.5. The summed E-state index contributed by atoms with van der Waals surface area (Å²) in [6.07, 6.45) is 8.79. The van der Waals surface area contributed by atoms with Gasteiger partial charge in [-0.05, 0) is 48.6 Å². The first-order valence-electron chi connectivity index (χ1n) is 10.3. The highest BCUT2D eigenvalue weighted by molar-refractivity contribution is 7.98. The van der Waals surface area contributed by atoms with Crippen molar-refractivity contribution in [3.05, 3.63) is 41.2 Å². The average Bonchev–Trinajstić information content (AvgIpc) is 3.33. The summed E-state index contributed by atoms with van der Waals surface area (Å²) in [4.78, 5) is 12.4. The Kier molecular flexibility index (Phi) is 6.81. The standard InChI is InChI=1S/C22H32N4OS/c1-22(2,3)17-13-11-16(12-14-17)20(27)23-15-7-10-19-24-25-21(28-4)26(19)18-8-5-6-9-18/h11-14,18H,5-10,15H2,1-4H3,(H,23,27). The van der Waals surface area contributed by atoms with E-state index in [9.17, 15) is 4.79 Å². The molecule has 0 aliphatic heterocycles. The lowest BCUT2D eigenvalue weighted by atomic mass is 9.87. The van der Waals surface area contributed by atoms with E-state index in [0.717, 1.165) is 23.8 Å². The van der Waals surface area contributed by atoms with E-state index in [-0.39, 0.29) is 11.3 Å². The van der Waals surface area contributed by atoms with Crippen LogP contribution in [0.5, 0.6) is 0 Å². The van der Waals surface area contributed by atoms with Crippen molar-refractivity contribution in [2.24, 2.45) is 0 Å². The highest BCUT2D eigenvalue weighted by Gasteiger charge is 2.23. The summed E-state index contributed by atoms with van der Waals surface area (Å²) in [5.41, 5.74) is 2.05. The van der Waals surface area contributed by atoms with Crippen molar-refractivity contribution >= 4 is 17.7 Å². The molecule has 0 bridgehead atoms. The minimum atomic E-state index is -0.0116. The summed E-state index contributed by atoms with van der Waals surface area (Å²) >= 11 is 1.67. The number of nitrogens with one attached hydrogen (secondary N) is 1. The molecule has 1 N–H and O–H groups in total. The fourth-order valence-electron chi connectivity index (χ4n) is 3.82. The predicted octanol–water partition coefficient (Wildman–Crippen LogP) is 4.78. The molecule has 1 saturated carbocycles. The van der Waals surface area contributed by atoms with Crippen molar-refractivity contribution in [3.8, 4) is 0 Å². The van der Waals surface area contributed by atoms with Crippen molar-refractivity contribution in [1.29, 1.82) is 0 Å². The van der Waals surface area contributed by atoms with Crippen LogP contribution >= 0.6 is 11.8 Å². The Labute approximate surface area is 172 Å². The molecular weight excluding hydrogens is 368 g/mol. The van der Waals surface area contributed by atoms with E-state index in [1.54, 1.807) is 11.8 Å². The fourth-order valence-corrected chi connectivity index (χ4v) is 4.39. The summed E-state index contributed by atoms with van der Waals surface area (Å²) in [6.45, 7) is 7.17. The van der Waals surface area contributed by atoms with Crippen molar-refractivity contribution in [1.82, 2.24) is 20.1 Å². The Balaban J connectivity index is 1.52. The summed E-state index contributed by atoms with van der Waals surface area (Å²) in [5.74, 6) is 1.04. The van der Waals surface area contributed by atoms with E-state index in [4.69, 9.17) is 0 Å². The maximum Gasteiger partial charge on any atom is 0.251 e. The van der Waals surface area contributed by atoms with Gasteiger partial charge >= 0.3 is 0 Å². The fraction of sp³-hybridized carbons (Fsp3) is 0.591. The quantitative estimate of drug-likeness (QED) is 0.537. The number of aryl methyl sites for hydroxylation is 1. The van der Waals surface area contributed by atoms with E-state index >= 15 is 0 Å². The zero-order valence-electron chi connectivity index (χ0n) is 17.5. The summed E-state index contributed by atoms with van der Waals surface area (Å²) < 4.78 is 2.34. The van der Waals surface area contributed by atoms with Crippen LogP contribution in [0.4, 0.5) is 0 Å². The summed E-state index contributed by atoms with van der Waals surface area (Å²) in [6, 6.07) is 8.46. The molecule has 1 aliphatic carbocycles. The van der Waals surface area contributed by atoms with Gasteiger partial charge in [0.05, 0.1) is 0 Å². The molecule has 1 amide bonds. The summed E-state index contributed by atoms with van der Waals surface area (Å²) in [7, 11) is 0. The molecule has 1 heterocycles. The molecule has 1 aromatic carbocycles. The molecule has 152 valence electrons. The molecule has 3 rings (SSSR count). The topological polar surface area (TPSA) is 59.8 Å². The second-order valence-corrected chi connectivity index (χ2v) is 9.37. The number of hydrogen-bond acceptors (Lipinski definition) is 4. The zero-order valence-corrected chi connectivity index (χ0v) is 18.3. The van der Waals surface area contributed by atoms with Gasteiger partial charge in [-0.1, -0.05) is 57.5 Å². The SMILES string of the molecule is CSc1nnc(CCCNC(=O)c2ccc(C(C)(C)C)cc2)n1C1CCCC1. The van der Waals surface area contributed by atoms with Crippen LogP contribution in [0.15, 0.2) is 29.4 Å². The second-order valence-electron chi connectivity index (χ2n) is 8.60. The van der Waals surface area contributed by atoms with Crippen LogP contribution in [0.1, 0.15) is 80.7 Å². The van der Waals surface area contributed by atoms with E-state index < -0.39 is 0 Å². The largest absolute Gasteiger partial charge is 0.352 e. The Morgan fingerprint density at radius 3 is 2.46 bits per heavy atom. The molecule has 0 atom stereocenters. The molecule has 28 heavy (non-hydrogen) atoms. The van der Waals surface area contributed by atoms with Crippen molar-refractivity contribution in [2.75, 3.05) is 12.8 Å². The van der Waals surface area contributed by atoms with Gasteiger partial charge < -0.3 is 9.88 Å². The lowest BCUT2D eigenvalue weighted by molar-refractivity contribution is 0.0953. The maximum absolute atomic E-state index is 12.4. The van der Waals surface area contributed by atoms with Crippen LogP contribution in [0.2, 0.25) is 0 Å². The molecule has 5 nitrogen and oxygen atoms in total. The molecule has 0 radical (unpaired) electrons. The van der Waals surface area contributed by atoms with Crippen LogP contribution in [0, 0.1) is 0 Å². The molecule has 1 aliphatic rings. The monoisotopic (exact) mass is 400 g/mol. The number of carbonyl (C=O) groups excluding carboxylic acids is 1. The maximum atomic E-state index is 12.4. The third-order valence-electron chi connectivity index (χ3n) is 5.48. The van der Waals surface area contributed by atoms with E-state index in [2.05, 4.69) is 47.1 Å². The van der Waals surface area contributed by atoms with Crippen LogP contribution in [0.3, 0.4) is 0 Å². The van der Waals surface area contributed by atoms with Crippen molar-refractivity contribution in [2.45, 2.75) is 75.9 Å². The summed E-state index contributed by atoms with van der Waals surface area (Å²) in [5, 5.41) is 12.8. The molecule has 1 aromatic heterocycles. The van der Waals surface area contributed by atoms with Crippen LogP contribution in [-0.4, -0.2) is 33.5 Å². The molecule has 0 unspecified atom stereocenters. The minimum Gasteiger partial charge on any atom is -0.352 e. The molecule has 0 spiro atoms. The molecule has 0 saturated heterocycles.